The predicted octanol–water partition coefficient (Wildman–Crippen LogP) is 0.571. The first-order valence-corrected chi connectivity index (χ1v) is 5.17. The smallest absolute Gasteiger partial charge is 0.324 e. The number of hydrogen-bond donors (Lipinski definition) is 2. The van der Waals surface area contributed by atoms with E-state index in [1.165, 1.54) is 9.80 Å². The maximum absolute atomic E-state index is 11.9. The van der Waals surface area contributed by atoms with Gasteiger partial charge in [0.05, 0.1) is 11.1 Å². The molecule has 0 radical (unpaired) electrons. The number of carbonyl (C=O) groups excluding carboxylic acids is 1. The molecule has 0 aromatic carbocycles. The highest BCUT2D eigenvalue weighted by atomic mass is 16.3. The molecule has 1 aliphatic heterocycles. The summed E-state index contributed by atoms with van der Waals surface area (Å²) >= 11 is 0. The lowest BCUT2D eigenvalue weighted by Crippen LogP contribution is -2.56. The van der Waals surface area contributed by atoms with E-state index in [2.05, 4.69) is 0 Å². The third kappa shape index (κ3) is 1.33. The van der Waals surface area contributed by atoms with E-state index in [0.717, 1.165) is 6.42 Å². The minimum Gasteiger partial charge on any atom is -0.376 e. The molecular weight excluding hydrogens is 196 g/mol. The number of carbonyl (C=O) groups is 1. The van der Waals surface area contributed by atoms with E-state index in [4.69, 9.17) is 0 Å². The average molecular weight is 216 g/mol. The van der Waals surface area contributed by atoms with Crippen LogP contribution in [0.4, 0.5) is 4.79 Å². The van der Waals surface area contributed by atoms with Crippen LogP contribution in [0.2, 0.25) is 0 Å². The normalized spacial score (nSPS) is 30.1. The molecular formula is C10H20N2O3. The number of aliphatic hydroxyl groups is 2. The van der Waals surface area contributed by atoms with Crippen molar-refractivity contribution in [2.24, 2.45) is 0 Å². The Hall–Kier alpha value is -0.810. The van der Waals surface area contributed by atoms with E-state index in [9.17, 15) is 15.0 Å². The van der Waals surface area contributed by atoms with Crippen LogP contribution in [0.15, 0.2) is 0 Å². The average Bonchev–Trinajstić information content (AvgIpc) is 2.32. The van der Waals surface area contributed by atoms with Gasteiger partial charge in [0.15, 0.2) is 0 Å². The Kier molecular flexibility index (Phi) is 2.98. The Morgan fingerprint density at radius 1 is 1.13 bits per heavy atom. The maximum atomic E-state index is 11.9. The van der Waals surface area contributed by atoms with Gasteiger partial charge in [-0.05, 0) is 27.2 Å². The predicted molar refractivity (Wildman–Crippen MR) is 56.0 cm³/mol. The molecule has 0 aliphatic carbocycles. The Labute approximate surface area is 90.3 Å². The van der Waals surface area contributed by atoms with Crippen molar-refractivity contribution in [1.29, 1.82) is 0 Å². The van der Waals surface area contributed by atoms with E-state index in [1.807, 2.05) is 27.7 Å². The number of nitrogens with zero attached hydrogens (tertiary/aromatic N) is 2. The van der Waals surface area contributed by atoms with Gasteiger partial charge in [-0.1, -0.05) is 6.92 Å². The highest BCUT2D eigenvalue weighted by molar-refractivity contribution is 5.79. The van der Waals surface area contributed by atoms with Gasteiger partial charge in [-0.15, -0.1) is 0 Å². The van der Waals surface area contributed by atoms with Crippen LogP contribution < -0.4 is 0 Å². The fraction of sp³-hybridized carbons (Fsp3) is 0.900. The molecule has 0 aromatic rings. The number of aliphatic hydroxyl groups excluding tert-OH is 2. The zero-order valence-corrected chi connectivity index (χ0v) is 9.82. The molecule has 2 amide bonds. The summed E-state index contributed by atoms with van der Waals surface area (Å²) in [5.74, 6) is 0. The molecule has 1 fully saturated rings. The molecule has 1 rings (SSSR count). The lowest BCUT2D eigenvalue weighted by Gasteiger charge is -2.42. The van der Waals surface area contributed by atoms with Crippen molar-refractivity contribution in [3.63, 3.8) is 0 Å². The van der Waals surface area contributed by atoms with E-state index in [0.29, 0.717) is 0 Å². The van der Waals surface area contributed by atoms with Crippen molar-refractivity contribution in [1.82, 2.24) is 9.80 Å². The fourth-order valence-corrected chi connectivity index (χ4v) is 2.29. The first-order chi connectivity index (χ1) is 6.86. The van der Waals surface area contributed by atoms with E-state index >= 15 is 0 Å². The van der Waals surface area contributed by atoms with Crippen molar-refractivity contribution in [2.75, 3.05) is 13.5 Å². The van der Waals surface area contributed by atoms with Crippen LogP contribution in [-0.4, -0.2) is 50.6 Å². The summed E-state index contributed by atoms with van der Waals surface area (Å²) in [6, 6.07) is -0.311. The van der Waals surface area contributed by atoms with Crippen molar-refractivity contribution < 1.29 is 15.0 Å². The lowest BCUT2D eigenvalue weighted by atomic mass is 9.79. The van der Waals surface area contributed by atoms with Crippen LogP contribution in [0.1, 0.15) is 34.1 Å². The van der Waals surface area contributed by atoms with Crippen LogP contribution in [0.3, 0.4) is 0 Å². The summed E-state index contributed by atoms with van der Waals surface area (Å²) < 4.78 is 0. The van der Waals surface area contributed by atoms with Crippen molar-refractivity contribution in [3.8, 4) is 0 Å². The number of hydrogen-bond acceptors (Lipinski definition) is 3. The van der Waals surface area contributed by atoms with Gasteiger partial charge in [0.1, 0.15) is 13.5 Å². The first-order valence-electron chi connectivity index (χ1n) is 5.17. The molecule has 0 saturated carbocycles. The number of amides is 2. The Morgan fingerprint density at radius 2 is 1.60 bits per heavy atom. The molecule has 1 saturated heterocycles. The third-order valence-electron chi connectivity index (χ3n) is 4.02. The molecule has 0 spiro atoms. The van der Waals surface area contributed by atoms with Crippen LogP contribution in [0.5, 0.6) is 0 Å². The van der Waals surface area contributed by atoms with Crippen LogP contribution in [0, 0.1) is 0 Å². The molecule has 88 valence electrons. The van der Waals surface area contributed by atoms with Crippen LogP contribution in [0.25, 0.3) is 0 Å². The largest absolute Gasteiger partial charge is 0.376 e. The Morgan fingerprint density at radius 3 is 1.87 bits per heavy atom. The summed E-state index contributed by atoms with van der Waals surface area (Å²) in [6.45, 7) is 7.07. The topological polar surface area (TPSA) is 64.0 Å². The zero-order valence-electron chi connectivity index (χ0n) is 9.82. The lowest BCUT2D eigenvalue weighted by molar-refractivity contribution is 0.0190. The van der Waals surface area contributed by atoms with E-state index in [1.54, 1.807) is 0 Å². The highest BCUT2D eigenvalue weighted by Gasteiger charge is 2.58. The first kappa shape index (κ1) is 12.3. The number of urea groups is 1. The molecule has 0 aromatic heterocycles. The van der Waals surface area contributed by atoms with Gasteiger partial charge >= 0.3 is 6.03 Å². The third-order valence-corrected chi connectivity index (χ3v) is 4.02. The van der Waals surface area contributed by atoms with E-state index in [-0.39, 0.29) is 19.5 Å². The molecule has 1 heterocycles. The molecule has 1 atom stereocenters. The molecule has 2 N–H and O–H groups in total. The van der Waals surface area contributed by atoms with Gasteiger partial charge in [0.2, 0.25) is 0 Å². The molecule has 5 nitrogen and oxygen atoms in total. The van der Waals surface area contributed by atoms with Gasteiger partial charge in [-0.3, -0.25) is 9.80 Å². The summed E-state index contributed by atoms with van der Waals surface area (Å²) in [6.07, 6.45) is 0.725. The monoisotopic (exact) mass is 216 g/mol. The summed E-state index contributed by atoms with van der Waals surface area (Å²) in [7, 11) is 0. The Bertz CT molecular complexity index is 267. The highest BCUT2D eigenvalue weighted by Crippen LogP contribution is 2.42. The quantitative estimate of drug-likeness (QED) is 0.725. The fourth-order valence-electron chi connectivity index (χ4n) is 2.29. The maximum Gasteiger partial charge on any atom is 0.324 e. The summed E-state index contributed by atoms with van der Waals surface area (Å²) in [5.41, 5.74) is -0.947. The van der Waals surface area contributed by atoms with Gasteiger partial charge in [-0.2, -0.15) is 0 Å². The van der Waals surface area contributed by atoms with E-state index < -0.39 is 11.1 Å². The molecule has 15 heavy (non-hydrogen) atoms. The molecule has 0 bridgehead atoms. The standard InChI is InChI=1S/C10H20N2O3/c1-5-10(4)9(2,3)11(6-13)8(15)12(10)7-14/h13-14H,5-7H2,1-4H3. The second-order valence-corrected chi connectivity index (χ2v) is 4.61. The second-order valence-electron chi connectivity index (χ2n) is 4.61. The van der Waals surface area contributed by atoms with Gasteiger partial charge in [-0.25, -0.2) is 4.79 Å². The zero-order chi connectivity index (χ0) is 11.9. The number of rotatable bonds is 3. The van der Waals surface area contributed by atoms with Crippen LogP contribution >= 0.6 is 0 Å². The minimum absolute atomic E-state index is 0.311. The van der Waals surface area contributed by atoms with Crippen LogP contribution in [-0.2, 0) is 0 Å². The Balaban J connectivity index is 3.20. The molecule has 5 heteroatoms. The molecule has 1 unspecified atom stereocenters. The van der Waals surface area contributed by atoms with Gasteiger partial charge in [0, 0.05) is 0 Å². The SMILES string of the molecule is CCC1(C)N(CO)C(=O)N(CO)C1(C)C. The second kappa shape index (κ2) is 3.64. The van der Waals surface area contributed by atoms with Gasteiger partial charge in [0.25, 0.3) is 0 Å². The van der Waals surface area contributed by atoms with Crippen molar-refractivity contribution in [3.05, 3.63) is 0 Å². The molecule has 1 aliphatic rings. The minimum atomic E-state index is -0.490. The van der Waals surface area contributed by atoms with Gasteiger partial charge < -0.3 is 10.2 Å². The summed E-state index contributed by atoms with van der Waals surface area (Å²) in [4.78, 5) is 14.7. The summed E-state index contributed by atoms with van der Waals surface area (Å²) in [5, 5.41) is 18.5. The van der Waals surface area contributed by atoms with Crippen molar-refractivity contribution in [2.45, 2.75) is 45.2 Å². The van der Waals surface area contributed by atoms with Crippen molar-refractivity contribution >= 4 is 6.03 Å².